The quantitative estimate of drug-likeness (QED) is 0.588. The molecule has 5 rings (SSSR count). The van der Waals surface area contributed by atoms with Crippen LogP contribution in [0.2, 0.25) is 0 Å². The summed E-state index contributed by atoms with van der Waals surface area (Å²) in [6.07, 6.45) is 2.37. The Balaban J connectivity index is 1.29. The van der Waals surface area contributed by atoms with E-state index in [4.69, 9.17) is 4.42 Å². The maximum Gasteiger partial charge on any atom is 0.419 e. The van der Waals surface area contributed by atoms with Crippen LogP contribution in [0, 0.1) is 0 Å². The molecule has 1 aromatic carbocycles. The van der Waals surface area contributed by atoms with Crippen LogP contribution in [0.15, 0.2) is 44.4 Å². The van der Waals surface area contributed by atoms with Crippen molar-refractivity contribution in [1.82, 2.24) is 19.1 Å². The standard InChI is InChI=1S/C20H24N6O4S/c1-23-16-14-15(4-5-17(16)30-20(23)27)31(28,29)26-12-10-25(11-13-26)19-7-6-18(21-22-19)24-8-2-3-9-24/h4-7,14H,2-3,8-13H2,1H3. The first kappa shape index (κ1) is 20.0. The molecule has 2 saturated heterocycles. The largest absolute Gasteiger partial charge is 0.419 e. The lowest BCUT2D eigenvalue weighted by molar-refractivity contribution is 0.383. The SMILES string of the molecule is Cn1c(=O)oc2ccc(S(=O)(=O)N3CCN(c4ccc(N5CCCC5)nn4)CC3)cc21. The molecule has 0 amide bonds. The minimum Gasteiger partial charge on any atom is -0.408 e. The third-order valence-corrected chi connectivity index (χ3v) is 7.92. The Bertz CT molecular complexity index is 1250. The van der Waals surface area contributed by atoms with E-state index in [2.05, 4.69) is 20.0 Å². The van der Waals surface area contributed by atoms with E-state index >= 15 is 0 Å². The second kappa shape index (κ2) is 7.65. The Labute approximate surface area is 179 Å². The monoisotopic (exact) mass is 444 g/mol. The summed E-state index contributed by atoms with van der Waals surface area (Å²) in [5.74, 6) is 1.14. The highest BCUT2D eigenvalue weighted by molar-refractivity contribution is 7.89. The third kappa shape index (κ3) is 3.57. The second-order valence-corrected chi connectivity index (χ2v) is 9.83. The number of aromatic nitrogens is 3. The average Bonchev–Trinajstić information content (AvgIpc) is 3.43. The molecule has 0 saturated carbocycles. The van der Waals surface area contributed by atoms with E-state index in [1.54, 1.807) is 7.05 Å². The molecular weight excluding hydrogens is 420 g/mol. The molecule has 2 fully saturated rings. The summed E-state index contributed by atoms with van der Waals surface area (Å²) >= 11 is 0. The summed E-state index contributed by atoms with van der Waals surface area (Å²) in [7, 11) is -2.12. The van der Waals surface area contributed by atoms with E-state index in [1.165, 1.54) is 39.9 Å². The molecule has 3 aromatic rings. The molecule has 31 heavy (non-hydrogen) atoms. The van der Waals surface area contributed by atoms with Gasteiger partial charge in [0.25, 0.3) is 0 Å². The Morgan fingerprint density at radius 2 is 1.48 bits per heavy atom. The molecule has 10 nitrogen and oxygen atoms in total. The molecule has 0 spiro atoms. The zero-order valence-electron chi connectivity index (χ0n) is 17.3. The number of rotatable bonds is 4. The molecular formula is C20H24N6O4S. The van der Waals surface area contributed by atoms with Crippen LogP contribution in [-0.4, -0.2) is 66.8 Å². The van der Waals surface area contributed by atoms with Crippen molar-refractivity contribution in [2.45, 2.75) is 17.7 Å². The van der Waals surface area contributed by atoms with Crippen molar-refractivity contribution in [1.29, 1.82) is 0 Å². The number of oxazole rings is 1. The minimum absolute atomic E-state index is 0.152. The van der Waals surface area contributed by atoms with Gasteiger partial charge in [-0.3, -0.25) is 4.57 Å². The number of hydrogen-bond acceptors (Lipinski definition) is 8. The predicted octanol–water partition coefficient (Wildman–Crippen LogP) is 1.03. The molecule has 2 aromatic heterocycles. The van der Waals surface area contributed by atoms with Crippen LogP contribution in [0.25, 0.3) is 11.1 Å². The number of hydrogen-bond donors (Lipinski definition) is 0. The van der Waals surface area contributed by atoms with Gasteiger partial charge in [-0.1, -0.05) is 0 Å². The van der Waals surface area contributed by atoms with Crippen molar-refractivity contribution in [2.75, 3.05) is 49.1 Å². The van der Waals surface area contributed by atoms with Crippen LogP contribution in [-0.2, 0) is 17.1 Å². The summed E-state index contributed by atoms with van der Waals surface area (Å²) in [6, 6.07) is 8.44. The van der Waals surface area contributed by atoms with Gasteiger partial charge in [0.2, 0.25) is 10.0 Å². The number of sulfonamides is 1. The molecule has 0 unspecified atom stereocenters. The predicted molar refractivity (Wildman–Crippen MR) is 116 cm³/mol. The van der Waals surface area contributed by atoms with E-state index in [9.17, 15) is 13.2 Å². The van der Waals surface area contributed by atoms with Gasteiger partial charge < -0.3 is 14.2 Å². The molecule has 2 aliphatic rings. The number of benzene rings is 1. The van der Waals surface area contributed by atoms with Gasteiger partial charge in [-0.15, -0.1) is 10.2 Å². The van der Waals surface area contributed by atoms with Gasteiger partial charge >= 0.3 is 5.76 Å². The normalized spacial score (nSPS) is 18.2. The van der Waals surface area contributed by atoms with Crippen molar-refractivity contribution in [3.05, 3.63) is 40.9 Å². The van der Waals surface area contributed by atoms with Crippen molar-refractivity contribution in [3.63, 3.8) is 0 Å². The molecule has 4 heterocycles. The summed E-state index contributed by atoms with van der Waals surface area (Å²) in [5, 5.41) is 8.72. The van der Waals surface area contributed by atoms with Crippen molar-refractivity contribution < 1.29 is 12.8 Å². The van der Waals surface area contributed by atoms with E-state index in [0.29, 0.717) is 37.3 Å². The maximum atomic E-state index is 13.1. The first-order valence-electron chi connectivity index (χ1n) is 10.4. The van der Waals surface area contributed by atoms with Crippen LogP contribution in [0.5, 0.6) is 0 Å². The highest BCUT2D eigenvalue weighted by Gasteiger charge is 2.30. The minimum atomic E-state index is -3.68. The van der Waals surface area contributed by atoms with Crippen LogP contribution in [0.4, 0.5) is 11.6 Å². The molecule has 164 valence electrons. The summed E-state index contributed by atoms with van der Waals surface area (Å²) < 4.78 is 34.1. The Morgan fingerprint density at radius 1 is 0.871 bits per heavy atom. The third-order valence-electron chi connectivity index (χ3n) is 6.03. The fourth-order valence-corrected chi connectivity index (χ4v) is 5.62. The number of fused-ring (bicyclic) bond motifs is 1. The van der Waals surface area contributed by atoms with Crippen molar-refractivity contribution >= 4 is 32.8 Å². The summed E-state index contributed by atoms with van der Waals surface area (Å²) in [4.78, 5) is 16.1. The van der Waals surface area contributed by atoms with Crippen LogP contribution < -0.4 is 15.6 Å². The highest BCUT2D eigenvalue weighted by Crippen LogP contribution is 2.24. The van der Waals surface area contributed by atoms with Crippen molar-refractivity contribution in [2.24, 2.45) is 7.05 Å². The van der Waals surface area contributed by atoms with Gasteiger partial charge in [0.15, 0.2) is 17.2 Å². The van der Waals surface area contributed by atoms with Crippen LogP contribution in [0.1, 0.15) is 12.8 Å². The van der Waals surface area contributed by atoms with Gasteiger partial charge in [0.1, 0.15) is 0 Å². The van der Waals surface area contributed by atoms with Gasteiger partial charge in [-0.05, 0) is 43.2 Å². The van der Waals surface area contributed by atoms with Gasteiger partial charge in [0, 0.05) is 46.3 Å². The lowest BCUT2D eigenvalue weighted by Gasteiger charge is -2.34. The molecule has 0 bridgehead atoms. The number of aryl methyl sites for hydroxylation is 1. The van der Waals surface area contributed by atoms with Crippen LogP contribution >= 0.6 is 0 Å². The lowest BCUT2D eigenvalue weighted by atomic mass is 10.3. The van der Waals surface area contributed by atoms with Crippen molar-refractivity contribution in [3.8, 4) is 0 Å². The van der Waals surface area contributed by atoms with E-state index in [1.807, 2.05) is 12.1 Å². The first-order chi connectivity index (χ1) is 14.9. The zero-order valence-corrected chi connectivity index (χ0v) is 18.1. The molecule has 0 N–H and O–H groups in total. The van der Waals surface area contributed by atoms with Gasteiger partial charge in [-0.2, -0.15) is 4.31 Å². The summed E-state index contributed by atoms with van der Waals surface area (Å²) in [6.45, 7) is 3.79. The van der Waals surface area contributed by atoms with E-state index in [0.717, 1.165) is 24.7 Å². The topological polar surface area (TPSA) is 105 Å². The Kier molecular flexibility index (Phi) is 4.94. The fourth-order valence-electron chi connectivity index (χ4n) is 4.18. The second-order valence-electron chi connectivity index (χ2n) is 7.89. The highest BCUT2D eigenvalue weighted by atomic mass is 32.2. The smallest absolute Gasteiger partial charge is 0.408 e. The van der Waals surface area contributed by atoms with Gasteiger partial charge in [-0.25, -0.2) is 13.2 Å². The molecule has 11 heteroatoms. The zero-order chi connectivity index (χ0) is 21.6. The molecule has 0 radical (unpaired) electrons. The lowest BCUT2D eigenvalue weighted by Crippen LogP contribution is -2.49. The molecule has 2 aliphatic heterocycles. The first-order valence-corrected chi connectivity index (χ1v) is 11.8. The Hall–Kier alpha value is -2.92. The molecule has 0 aliphatic carbocycles. The number of nitrogens with zero attached hydrogens (tertiary/aromatic N) is 6. The van der Waals surface area contributed by atoms with E-state index < -0.39 is 15.8 Å². The maximum absolute atomic E-state index is 13.1. The number of piperazine rings is 1. The summed E-state index contributed by atoms with van der Waals surface area (Å²) in [5.41, 5.74) is 0.824. The average molecular weight is 445 g/mol. The molecule has 0 atom stereocenters. The number of anilines is 2. The van der Waals surface area contributed by atoms with E-state index in [-0.39, 0.29) is 4.90 Å². The fraction of sp³-hybridized carbons (Fsp3) is 0.450. The van der Waals surface area contributed by atoms with Gasteiger partial charge in [0.05, 0.1) is 10.4 Å². The van der Waals surface area contributed by atoms with Crippen LogP contribution in [0.3, 0.4) is 0 Å². The Morgan fingerprint density at radius 3 is 2.10 bits per heavy atom.